The van der Waals surface area contributed by atoms with Crippen LogP contribution in [-0.2, 0) is 6.54 Å². The number of hydrogen-bond acceptors (Lipinski definition) is 4. The Morgan fingerprint density at radius 3 is 2.52 bits per heavy atom. The summed E-state index contributed by atoms with van der Waals surface area (Å²) in [5, 5.41) is 16.4. The molecule has 6 nitrogen and oxygen atoms in total. The van der Waals surface area contributed by atoms with Crippen LogP contribution in [0.25, 0.3) is 22.4 Å². The van der Waals surface area contributed by atoms with Crippen molar-refractivity contribution in [2.45, 2.75) is 6.54 Å². The van der Waals surface area contributed by atoms with E-state index < -0.39 is 29.0 Å². The summed E-state index contributed by atoms with van der Waals surface area (Å²) in [4.78, 5) is 15.3. The number of nitrogens with zero attached hydrogens (tertiary/aromatic N) is 4. The molecule has 4 aromatic rings. The molecule has 2 aromatic heterocycles. The minimum Gasteiger partial charge on any atom is -0.478 e. The molecule has 29 heavy (non-hydrogen) atoms. The number of fused-ring (bicyclic) bond motifs is 1. The van der Waals surface area contributed by atoms with Crippen LogP contribution in [0, 0.1) is 17.5 Å². The second-order valence-electron chi connectivity index (χ2n) is 6.11. The van der Waals surface area contributed by atoms with Crippen molar-refractivity contribution in [3.05, 3.63) is 76.1 Å². The van der Waals surface area contributed by atoms with Crippen LogP contribution >= 0.6 is 11.6 Å². The molecular formula is C19H10ClF3N4O2. The molecule has 0 aliphatic heterocycles. The van der Waals surface area contributed by atoms with E-state index >= 15 is 0 Å². The Hall–Kier alpha value is -3.46. The predicted octanol–water partition coefficient (Wildman–Crippen LogP) is 4.31. The van der Waals surface area contributed by atoms with Crippen LogP contribution in [0.15, 0.2) is 42.5 Å². The predicted molar refractivity (Wildman–Crippen MR) is 98.1 cm³/mol. The first-order chi connectivity index (χ1) is 13.8. The molecule has 0 fully saturated rings. The summed E-state index contributed by atoms with van der Waals surface area (Å²) in [6, 6.07) is 8.62. The normalized spacial score (nSPS) is 11.2. The van der Waals surface area contributed by atoms with E-state index in [-0.39, 0.29) is 22.8 Å². The number of rotatable bonds is 4. The molecule has 0 bridgehead atoms. The van der Waals surface area contributed by atoms with Crippen LogP contribution in [0.3, 0.4) is 0 Å². The molecule has 4 rings (SSSR count). The molecule has 0 radical (unpaired) electrons. The standard InChI is InChI=1S/C19H10ClF3N4O2/c20-17-11(12(21)3-4-13(17)22)8-27-18-16(25-26-27)6-5-15(24-18)9-1-2-10(19(28)29)14(23)7-9/h1-7H,8H2,(H,28,29). The fourth-order valence-corrected chi connectivity index (χ4v) is 3.05. The summed E-state index contributed by atoms with van der Waals surface area (Å²) in [5.41, 5.74) is 0.703. The quantitative estimate of drug-likeness (QED) is 0.499. The molecule has 0 saturated carbocycles. The van der Waals surface area contributed by atoms with Gasteiger partial charge in [-0.2, -0.15) is 0 Å². The molecule has 0 amide bonds. The number of aromatic nitrogens is 4. The summed E-state index contributed by atoms with van der Waals surface area (Å²) in [6.45, 7) is -0.221. The Morgan fingerprint density at radius 2 is 1.79 bits per heavy atom. The Balaban J connectivity index is 1.77. The summed E-state index contributed by atoms with van der Waals surface area (Å²) >= 11 is 5.86. The number of carboxylic acids is 1. The van der Waals surface area contributed by atoms with Gasteiger partial charge in [0.1, 0.15) is 23.0 Å². The number of carboxylic acid groups (broad SMARTS) is 1. The van der Waals surface area contributed by atoms with Crippen LogP contribution < -0.4 is 0 Å². The van der Waals surface area contributed by atoms with Crippen molar-refractivity contribution in [1.82, 2.24) is 20.0 Å². The van der Waals surface area contributed by atoms with E-state index in [0.29, 0.717) is 16.8 Å². The summed E-state index contributed by atoms with van der Waals surface area (Å²) in [5.74, 6) is -3.76. The van der Waals surface area contributed by atoms with Gasteiger partial charge in [-0.25, -0.2) is 27.6 Å². The molecule has 0 atom stereocenters. The molecule has 10 heteroatoms. The molecule has 2 aromatic carbocycles. The van der Waals surface area contributed by atoms with Gasteiger partial charge in [-0.3, -0.25) is 0 Å². The van der Waals surface area contributed by atoms with E-state index in [1.807, 2.05) is 0 Å². The van der Waals surface area contributed by atoms with E-state index in [2.05, 4.69) is 15.3 Å². The van der Waals surface area contributed by atoms with Crippen LogP contribution in [0.4, 0.5) is 13.2 Å². The van der Waals surface area contributed by atoms with E-state index in [0.717, 1.165) is 24.3 Å². The number of hydrogen-bond donors (Lipinski definition) is 1. The highest BCUT2D eigenvalue weighted by Gasteiger charge is 2.17. The van der Waals surface area contributed by atoms with Crippen molar-refractivity contribution >= 4 is 28.7 Å². The third-order valence-electron chi connectivity index (χ3n) is 4.30. The first kappa shape index (κ1) is 18.9. The van der Waals surface area contributed by atoms with E-state index in [9.17, 15) is 18.0 Å². The SMILES string of the molecule is O=C(O)c1ccc(-c2ccc3nnn(Cc4c(F)ccc(F)c4Cl)c3n2)cc1F. The third kappa shape index (κ3) is 3.40. The minimum atomic E-state index is -1.38. The maximum atomic E-state index is 14.1. The van der Waals surface area contributed by atoms with Crippen molar-refractivity contribution in [1.29, 1.82) is 0 Å². The van der Waals surface area contributed by atoms with Crippen molar-refractivity contribution in [3.8, 4) is 11.3 Å². The van der Waals surface area contributed by atoms with Crippen LogP contribution in [0.2, 0.25) is 5.02 Å². The van der Waals surface area contributed by atoms with Gasteiger partial charge in [-0.05, 0) is 36.4 Å². The first-order valence-corrected chi connectivity index (χ1v) is 8.59. The molecule has 0 aliphatic rings. The lowest BCUT2D eigenvalue weighted by Crippen LogP contribution is -2.07. The van der Waals surface area contributed by atoms with Gasteiger partial charge in [0.05, 0.1) is 22.8 Å². The van der Waals surface area contributed by atoms with E-state index in [4.69, 9.17) is 16.7 Å². The summed E-state index contributed by atoms with van der Waals surface area (Å²) in [7, 11) is 0. The van der Waals surface area contributed by atoms with Crippen molar-refractivity contribution in [2.24, 2.45) is 0 Å². The average molecular weight is 419 g/mol. The van der Waals surface area contributed by atoms with Crippen LogP contribution in [0.1, 0.15) is 15.9 Å². The van der Waals surface area contributed by atoms with Crippen LogP contribution in [-0.4, -0.2) is 31.1 Å². The second-order valence-corrected chi connectivity index (χ2v) is 6.49. The Morgan fingerprint density at radius 1 is 1.03 bits per heavy atom. The highest BCUT2D eigenvalue weighted by atomic mass is 35.5. The van der Waals surface area contributed by atoms with Gasteiger partial charge in [-0.15, -0.1) is 5.10 Å². The monoisotopic (exact) mass is 418 g/mol. The lowest BCUT2D eigenvalue weighted by atomic mass is 10.1. The Labute approximate surface area is 166 Å². The highest BCUT2D eigenvalue weighted by Crippen LogP contribution is 2.26. The van der Waals surface area contributed by atoms with Gasteiger partial charge >= 0.3 is 5.97 Å². The first-order valence-electron chi connectivity index (χ1n) is 8.21. The fourth-order valence-electron chi connectivity index (χ4n) is 2.83. The van der Waals surface area contributed by atoms with Crippen molar-refractivity contribution in [2.75, 3.05) is 0 Å². The van der Waals surface area contributed by atoms with E-state index in [1.165, 1.54) is 10.7 Å². The Bertz CT molecular complexity index is 1280. The van der Waals surface area contributed by atoms with Gasteiger partial charge in [0, 0.05) is 11.1 Å². The number of pyridine rings is 1. The zero-order valence-corrected chi connectivity index (χ0v) is 15.2. The van der Waals surface area contributed by atoms with E-state index in [1.54, 1.807) is 12.1 Å². The fraction of sp³-hybridized carbons (Fsp3) is 0.0526. The van der Waals surface area contributed by atoms with Gasteiger partial charge in [0.25, 0.3) is 0 Å². The van der Waals surface area contributed by atoms with Crippen molar-refractivity contribution < 1.29 is 23.1 Å². The molecule has 0 unspecified atom stereocenters. The minimum absolute atomic E-state index is 0.109. The average Bonchev–Trinajstić information content (AvgIpc) is 3.10. The zero-order chi connectivity index (χ0) is 20.7. The number of aromatic carboxylic acids is 1. The molecule has 146 valence electrons. The third-order valence-corrected chi connectivity index (χ3v) is 4.71. The second kappa shape index (κ2) is 7.17. The maximum absolute atomic E-state index is 14.1. The maximum Gasteiger partial charge on any atom is 0.338 e. The largest absolute Gasteiger partial charge is 0.478 e. The smallest absolute Gasteiger partial charge is 0.338 e. The van der Waals surface area contributed by atoms with Crippen LogP contribution in [0.5, 0.6) is 0 Å². The molecule has 0 spiro atoms. The van der Waals surface area contributed by atoms with Gasteiger partial charge in [-0.1, -0.05) is 22.9 Å². The van der Waals surface area contributed by atoms with Gasteiger partial charge in [0.2, 0.25) is 0 Å². The number of carbonyl (C=O) groups is 1. The van der Waals surface area contributed by atoms with Gasteiger partial charge < -0.3 is 5.11 Å². The molecule has 0 aliphatic carbocycles. The summed E-state index contributed by atoms with van der Waals surface area (Å²) in [6.07, 6.45) is 0. The number of halogens is 4. The number of benzene rings is 2. The van der Waals surface area contributed by atoms with Crippen molar-refractivity contribution in [3.63, 3.8) is 0 Å². The Kier molecular flexibility index (Phi) is 4.67. The molecule has 0 saturated heterocycles. The highest BCUT2D eigenvalue weighted by molar-refractivity contribution is 6.31. The molecule has 2 heterocycles. The molecular weight excluding hydrogens is 409 g/mol. The lowest BCUT2D eigenvalue weighted by molar-refractivity contribution is 0.0692. The lowest BCUT2D eigenvalue weighted by Gasteiger charge is -2.08. The zero-order valence-electron chi connectivity index (χ0n) is 14.4. The molecule has 1 N–H and O–H groups in total. The topological polar surface area (TPSA) is 80.9 Å². The summed E-state index contributed by atoms with van der Waals surface area (Å²) < 4.78 is 43.0. The van der Waals surface area contributed by atoms with Gasteiger partial charge in [0.15, 0.2) is 5.65 Å².